The number of allylic oxidation sites excluding steroid dienone is 2. The third kappa shape index (κ3) is 3.27. The van der Waals surface area contributed by atoms with Crippen molar-refractivity contribution in [2.75, 3.05) is 5.75 Å². The van der Waals surface area contributed by atoms with Crippen molar-refractivity contribution >= 4 is 21.7 Å². The largest absolute Gasteiger partial charge is 0.409 e. The average Bonchev–Trinajstić information content (AvgIpc) is 2.40. The molecular weight excluding hydrogens is 172 g/mol. The summed E-state index contributed by atoms with van der Waals surface area (Å²) < 4.78 is 5.77. The molecule has 0 spiro atoms. The summed E-state index contributed by atoms with van der Waals surface area (Å²) in [5.41, 5.74) is 4.38. The number of hydrogen-bond donors (Lipinski definition) is 1. The molecular formula is C8H14OSSi. The quantitative estimate of drug-likeness (QED) is 0.519. The predicted octanol–water partition coefficient (Wildman–Crippen LogP) is 1.64. The first-order valence-corrected chi connectivity index (χ1v) is 6.38. The molecule has 0 radical (unpaired) electrons. The molecule has 0 amide bonds. The van der Waals surface area contributed by atoms with Gasteiger partial charge < -0.3 is 4.43 Å². The number of rotatable bonds is 4. The van der Waals surface area contributed by atoms with Crippen LogP contribution in [-0.4, -0.2) is 20.9 Å². The lowest BCUT2D eigenvalue weighted by molar-refractivity contribution is 0.227. The fraction of sp³-hybridized carbons (Fsp3) is 0.500. The van der Waals surface area contributed by atoms with Crippen LogP contribution in [-0.2, 0) is 4.43 Å². The van der Waals surface area contributed by atoms with Crippen molar-refractivity contribution < 1.29 is 4.43 Å². The summed E-state index contributed by atoms with van der Waals surface area (Å²) in [5, 5.41) is 0. The smallest absolute Gasteiger partial charge is 0.226 e. The van der Waals surface area contributed by atoms with Crippen LogP contribution >= 0.6 is 12.6 Å². The molecule has 0 aromatic heterocycles. The van der Waals surface area contributed by atoms with Gasteiger partial charge in [0, 0.05) is 6.10 Å². The fourth-order valence-electron chi connectivity index (χ4n) is 1.02. The summed E-state index contributed by atoms with van der Waals surface area (Å²) in [6.07, 6.45) is 5.57. The highest BCUT2D eigenvalue weighted by Gasteiger charge is 2.10. The minimum absolute atomic E-state index is 0.372. The van der Waals surface area contributed by atoms with Gasteiger partial charge in [-0.25, -0.2) is 0 Å². The molecule has 0 aliphatic carbocycles. The van der Waals surface area contributed by atoms with E-state index < -0.39 is 9.04 Å². The molecule has 1 nitrogen and oxygen atoms in total. The third-order valence-corrected chi connectivity index (χ3v) is 3.88. The van der Waals surface area contributed by atoms with Crippen molar-refractivity contribution in [3.8, 4) is 0 Å². The van der Waals surface area contributed by atoms with Gasteiger partial charge in [-0.1, -0.05) is 23.6 Å². The molecule has 0 saturated heterocycles. The van der Waals surface area contributed by atoms with Crippen molar-refractivity contribution in [1.82, 2.24) is 0 Å². The van der Waals surface area contributed by atoms with E-state index in [1.807, 2.05) is 0 Å². The molecule has 0 aromatic carbocycles. The zero-order chi connectivity index (χ0) is 8.10. The van der Waals surface area contributed by atoms with Gasteiger partial charge in [-0.05, 0) is 19.1 Å². The minimum Gasteiger partial charge on any atom is -0.409 e. The van der Waals surface area contributed by atoms with Crippen LogP contribution in [0.5, 0.6) is 0 Å². The maximum Gasteiger partial charge on any atom is 0.226 e. The van der Waals surface area contributed by atoms with Crippen LogP contribution in [0.3, 0.4) is 0 Å². The molecule has 3 heteroatoms. The molecule has 1 aliphatic heterocycles. The zero-order valence-electron chi connectivity index (χ0n) is 6.73. The van der Waals surface area contributed by atoms with E-state index in [4.69, 9.17) is 4.43 Å². The second-order valence-corrected chi connectivity index (χ2v) is 5.11. The Hall–Kier alpha value is 0.00688. The summed E-state index contributed by atoms with van der Waals surface area (Å²) in [5.74, 6) is 0.912. The second kappa shape index (κ2) is 4.80. The van der Waals surface area contributed by atoms with Crippen molar-refractivity contribution in [2.45, 2.75) is 19.4 Å². The number of thiol groups is 1. The van der Waals surface area contributed by atoms with Crippen molar-refractivity contribution in [1.29, 1.82) is 0 Å². The summed E-state index contributed by atoms with van der Waals surface area (Å²) >= 11 is 4.16. The highest BCUT2D eigenvalue weighted by Crippen LogP contribution is 2.06. The molecule has 1 atom stereocenters. The molecule has 1 unspecified atom stereocenters. The Labute approximate surface area is 75.3 Å². The van der Waals surface area contributed by atoms with Crippen LogP contribution in [0.1, 0.15) is 13.3 Å². The van der Waals surface area contributed by atoms with E-state index >= 15 is 0 Å². The van der Waals surface area contributed by atoms with Gasteiger partial charge in [-0.15, -0.1) is 0 Å². The Morgan fingerprint density at radius 2 is 2.09 bits per heavy atom. The molecule has 0 fully saturated rings. The maximum atomic E-state index is 5.77. The van der Waals surface area contributed by atoms with E-state index in [-0.39, 0.29) is 0 Å². The van der Waals surface area contributed by atoms with E-state index in [0.29, 0.717) is 6.10 Å². The Morgan fingerprint density at radius 1 is 1.45 bits per heavy atom. The standard InChI is InChI=1S/C8H14OSSi/c1-8(4-5-10)9-11-6-2-3-7-11/h2-3,6-8,10-11H,4-5H2,1H3. The van der Waals surface area contributed by atoms with Gasteiger partial charge in [0.05, 0.1) is 0 Å². The van der Waals surface area contributed by atoms with Crippen molar-refractivity contribution in [3.63, 3.8) is 0 Å². The molecule has 62 valence electrons. The monoisotopic (exact) mass is 186 g/mol. The SMILES string of the molecule is CC(CCS)O[SiH]1C=CC=C1. The molecule has 0 saturated carbocycles. The number of hydrogen-bond acceptors (Lipinski definition) is 2. The van der Waals surface area contributed by atoms with E-state index in [1.165, 1.54) is 0 Å². The molecule has 0 bridgehead atoms. The van der Waals surface area contributed by atoms with E-state index in [1.54, 1.807) is 0 Å². The van der Waals surface area contributed by atoms with Gasteiger partial charge in [0.15, 0.2) is 0 Å². The van der Waals surface area contributed by atoms with Gasteiger partial charge in [0.25, 0.3) is 0 Å². The van der Waals surface area contributed by atoms with E-state index in [9.17, 15) is 0 Å². The highest BCUT2D eigenvalue weighted by molar-refractivity contribution is 7.80. The first kappa shape index (κ1) is 9.10. The first-order valence-electron chi connectivity index (χ1n) is 3.94. The van der Waals surface area contributed by atoms with Crippen LogP contribution in [0.2, 0.25) is 0 Å². The fourth-order valence-corrected chi connectivity index (χ4v) is 3.06. The molecule has 1 rings (SSSR count). The van der Waals surface area contributed by atoms with E-state index in [0.717, 1.165) is 12.2 Å². The van der Waals surface area contributed by atoms with Crippen molar-refractivity contribution in [2.24, 2.45) is 0 Å². The Bertz CT molecular complexity index is 155. The second-order valence-electron chi connectivity index (χ2n) is 2.69. The van der Waals surface area contributed by atoms with Crippen LogP contribution in [0.4, 0.5) is 0 Å². The normalized spacial score (nSPS) is 19.5. The minimum atomic E-state index is -1.07. The molecule has 1 heterocycles. The molecule has 11 heavy (non-hydrogen) atoms. The topological polar surface area (TPSA) is 9.23 Å². The van der Waals surface area contributed by atoms with Crippen LogP contribution in [0.15, 0.2) is 23.6 Å². The van der Waals surface area contributed by atoms with E-state index in [2.05, 4.69) is 43.1 Å². The maximum absolute atomic E-state index is 5.77. The van der Waals surface area contributed by atoms with Crippen LogP contribution in [0.25, 0.3) is 0 Å². The summed E-state index contributed by atoms with van der Waals surface area (Å²) in [6, 6.07) is 0. The molecule has 0 aromatic rings. The average molecular weight is 186 g/mol. The highest BCUT2D eigenvalue weighted by atomic mass is 32.1. The van der Waals surface area contributed by atoms with Gasteiger partial charge in [-0.2, -0.15) is 12.6 Å². The first-order chi connectivity index (χ1) is 5.33. The lowest BCUT2D eigenvalue weighted by Gasteiger charge is -2.14. The van der Waals surface area contributed by atoms with Crippen LogP contribution in [0, 0.1) is 0 Å². The zero-order valence-corrected chi connectivity index (χ0v) is 8.78. The summed E-state index contributed by atoms with van der Waals surface area (Å²) in [7, 11) is -1.07. The lowest BCUT2D eigenvalue weighted by Crippen LogP contribution is -2.19. The third-order valence-electron chi connectivity index (χ3n) is 1.64. The molecule has 1 aliphatic rings. The lowest BCUT2D eigenvalue weighted by atomic mass is 10.3. The predicted molar refractivity (Wildman–Crippen MR) is 54.4 cm³/mol. The van der Waals surface area contributed by atoms with Crippen LogP contribution < -0.4 is 0 Å². The molecule has 0 N–H and O–H groups in total. The van der Waals surface area contributed by atoms with Crippen molar-refractivity contribution in [3.05, 3.63) is 23.6 Å². The van der Waals surface area contributed by atoms with Gasteiger partial charge >= 0.3 is 0 Å². The Morgan fingerprint density at radius 3 is 2.64 bits per heavy atom. The Kier molecular flexibility index (Phi) is 3.97. The van der Waals surface area contributed by atoms with Gasteiger partial charge in [-0.3, -0.25) is 0 Å². The summed E-state index contributed by atoms with van der Waals surface area (Å²) in [4.78, 5) is 0. The Balaban J connectivity index is 2.19. The van der Waals surface area contributed by atoms with Gasteiger partial charge in [0.2, 0.25) is 9.04 Å². The van der Waals surface area contributed by atoms with Gasteiger partial charge in [0.1, 0.15) is 0 Å². The summed E-state index contributed by atoms with van der Waals surface area (Å²) in [6.45, 7) is 2.11.